The van der Waals surface area contributed by atoms with Crippen LogP contribution in [0.2, 0.25) is 0 Å². The molecule has 0 radical (unpaired) electrons. The summed E-state index contributed by atoms with van der Waals surface area (Å²) in [4.78, 5) is 2.26. The lowest BCUT2D eigenvalue weighted by Gasteiger charge is -2.25. The zero-order valence-electron chi connectivity index (χ0n) is 11.2. The van der Waals surface area contributed by atoms with Crippen LogP contribution in [0, 0.1) is 12.3 Å². The van der Waals surface area contributed by atoms with Gasteiger partial charge in [-0.2, -0.15) is 5.10 Å². The first-order chi connectivity index (χ1) is 8.56. The average Bonchev–Trinajstić information content (AvgIpc) is 3.06. The van der Waals surface area contributed by atoms with Crippen molar-refractivity contribution in [2.24, 2.45) is 12.8 Å². The summed E-state index contributed by atoms with van der Waals surface area (Å²) in [6, 6.07) is 0.535. The molecular formula is C12H21N5O. The molecule has 1 saturated carbocycles. The van der Waals surface area contributed by atoms with Crippen molar-refractivity contribution >= 4 is 11.7 Å². The summed E-state index contributed by atoms with van der Waals surface area (Å²) in [5.41, 5.74) is 7.25. The minimum absolute atomic E-state index is 0.0821. The number of aryl methyl sites for hydroxylation is 2. The highest BCUT2D eigenvalue weighted by Gasteiger charge is 2.33. The zero-order chi connectivity index (χ0) is 13.3. The number of ether oxygens (including phenoxy) is 1. The van der Waals surface area contributed by atoms with Gasteiger partial charge in [-0.15, -0.1) is 0 Å². The van der Waals surface area contributed by atoms with Gasteiger partial charge in [0.05, 0.1) is 17.9 Å². The molecule has 0 aliphatic heterocycles. The Morgan fingerprint density at radius 2 is 2.28 bits per heavy atom. The summed E-state index contributed by atoms with van der Waals surface area (Å²) in [5, 5.41) is 12.1. The van der Waals surface area contributed by atoms with Crippen molar-refractivity contribution in [3.05, 3.63) is 11.3 Å². The Morgan fingerprint density at radius 1 is 1.61 bits per heavy atom. The Labute approximate surface area is 107 Å². The number of hydrogen-bond donors (Lipinski definition) is 2. The van der Waals surface area contributed by atoms with Crippen molar-refractivity contribution in [2.75, 3.05) is 25.2 Å². The molecule has 2 rings (SSSR count). The smallest absolute Gasteiger partial charge is 0.138 e. The number of aromatic nitrogens is 2. The quantitative estimate of drug-likeness (QED) is 0.574. The van der Waals surface area contributed by atoms with Crippen molar-refractivity contribution in [2.45, 2.75) is 25.8 Å². The molecule has 100 valence electrons. The lowest BCUT2D eigenvalue weighted by molar-refractivity contribution is 0.204. The molecule has 1 aliphatic rings. The largest absolute Gasteiger partial charge is 0.384 e. The highest BCUT2D eigenvalue weighted by Crippen LogP contribution is 2.34. The van der Waals surface area contributed by atoms with Crippen molar-refractivity contribution in [3.8, 4) is 0 Å². The molecule has 0 bridgehead atoms. The van der Waals surface area contributed by atoms with E-state index in [-0.39, 0.29) is 5.84 Å². The topological polar surface area (TPSA) is 80.2 Å². The third kappa shape index (κ3) is 2.33. The average molecular weight is 251 g/mol. The molecule has 0 spiro atoms. The summed E-state index contributed by atoms with van der Waals surface area (Å²) in [6.45, 7) is 3.36. The SMILES string of the molecule is COCCN(c1c(C(=N)N)c(C)nn1C)C1CC1. The van der Waals surface area contributed by atoms with Crippen LogP contribution in [0.25, 0.3) is 0 Å². The number of amidine groups is 1. The van der Waals surface area contributed by atoms with Crippen molar-refractivity contribution in [1.29, 1.82) is 5.41 Å². The zero-order valence-corrected chi connectivity index (χ0v) is 11.2. The second-order valence-electron chi connectivity index (χ2n) is 4.74. The van der Waals surface area contributed by atoms with Crippen LogP contribution in [0.4, 0.5) is 5.82 Å². The minimum atomic E-state index is 0.0821. The third-order valence-corrected chi connectivity index (χ3v) is 3.26. The predicted octanol–water partition coefficient (Wildman–Crippen LogP) is 0.628. The summed E-state index contributed by atoms with van der Waals surface area (Å²) >= 11 is 0. The minimum Gasteiger partial charge on any atom is -0.384 e. The fourth-order valence-electron chi connectivity index (χ4n) is 2.33. The molecular weight excluding hydrogens is 230 g/mol. The molecule has 0 saturated heterocycles. The van der Waals surface area contributed by atoms with Gasteiger partial charge in [0.2, 0.25) is 0 Å². The van der Waals surface area contributed by atoms with E-state index in [1.807, 2.05) is 18.7 Å². The second-order valence-corrected chi connectivity index (χ2v) is 4.74. The van der Waals surface area contributed by atoms with E-state index in [9.17, 15) is 0 Å². The molecule has 6 nitrogen and oxygen atoms in total. The monoisotopic (exact) mass is 251 g/mol. The highest BCUT2D eigenvalue weighted by atomic mass is 16.5. The van der Waals surface area contributed by atoms with Gasteiger partial charge in [-0.1, -0.05) is 0 Å². The van der Waals surface area contributed by atoms with Gasteiger partial charge < -0.3 is 15.4 Å². The van der Waals surface area contributed by atoms with Gasteiger partial charge in [0.15, 0.2) is 0 Å². The molecule has 1 aliphatic carbocycles. The van der Waals surface area contributed by atoms with Crippen LogP contribution < -0.4 is 10.6 Å². The Hall–Kier alpha value is -1.56. The Kier molecular flexibility index (Phi) is 3.56. The highest BCUT2D eigenvalue weighted by molar-refractivity contribution is 6.01. The number of rotatable bonds is 6. The fraction of sp³-hybridized carbons (Fsp3) is 0.667. The first-order valence-corrected chi connectivity index (χ1v) is 6.19. The van der Waals surface area contributed by atoms with Crippen LogP contribution >= 0.6 is 0 Å². The van der Waals surface area contributed by atoms with Crippen LogP contribution in [0.3, 0.4) is 0 Å². The van der Waals surface area contributed by atoms with Crippen LogP contribution in [-0.2, 0) is 11.8 Å². The molecule has 6 heteroatoms. The Morgan fingerprint density at radius 3 is 2.78 bits per heavy atom. The summed E-state index contributed by atoms with van der Waals surface area (Å²) in [6.07, 6.45) is 2.37. The molecule has 0 atom stereocenters. The number of nitrogens with one attached hydrogen (secondary N) is 1. The molecule has 0 amide bonds. The van der Waals surface area contributed by atoms with Crippen LogP contribution in [0.15, 0.2) is 0 Å². The van der Waals surface area contributed by atoms with Gasteiger partial charge in [0.25, 0.3) is 0 Å². The van der Waals surface area contributed by atoms with Gasteiger partial charge in [0.1, 0.15) is 11.7 Å². The van der Waals surface area contributed by atoms with Crippen LogP contribution in [0.5, 0.6) is 0 Å². The summed E-state index contributed by atoms with van der Waals surface area (Å²) < 4.78 is 6.98. The summed E-state index contributed by atoms with van der Waals surface area (Å²) in [5.74, 6) is 1.03. The Bertz CT molecular complexity index is 450. The van der Waals surface area contributed by atoms with Gasteiger partial charge >= 0.3 is 0 Å². The summed E-state index contributed by atoms with van der Waals surface area (Å²) in [7, 11) is 3.60. The normalized spacial score (nSPS) is 14.8. The van der Waals surface area contributed by atoms with Crippen LogP contribution in [-0.4, -0.2) is 41.9 Å². The first kappa shape index (κ1) is 12.9. The van der Waals surface area contributed by atoms with Crippen LogP contribution in [0.1, 0.15) is 24.1 Å². The maximum Gasteiger partial charge on any atom is 0.138 e. The number of nitrogens with two attached hydrogens (primary N) is 1. The van der Waals surface area contributed by atoms with E-state index in [0.29, 0.717) is 12.6 Å². The maximum absolute atomic E-state index is 7.73. The molecule has 1 aromatic rings. The van der Waals surface area contributed by atoms with Gasteiger partial charge in [0, 0.05) is 26.7 Å². The van der Waals surface area contributed by atoms with E-state index in [2.05, 4.69) is 10.00 Å². The molecule has 1 fully saturated rings. The lowest BCUT2D eigenvalue weighted by Crippen LogP contribution is -2.33. The number of hydrogen-bond acceptors (Lipinski definition) is 4. The first-order valence-electron chi connectivity index (χ1n) is 6.19. The van der Waals surface area contributed by atoms with E-state index in [0.717, 1.165) is 23.6 Å². The maximum atomic E-state index is 7.73. The molecule has 1 heterocycles. The third-order valence-electron chi connectivity index (χ3n) is 3.26. The molecule has 0 unspecified atom stereocenters. The molecule has 18 heavy (non-hydrogen) atoms. The van der Waals surface area contributed by atoms with Crippen molar-refractivity contribution < 1.29 is 4.74 Å². The second kappa shape index (κ2) is 4.97. The molecule has 3 N–H and O–H groups in total. The van der Waals surface area contributed by atoms with Gasteiger partial charge in [-0.05, 0) is 19.8 Å². The Balaban J connectivity index is 2.36. The predicted molar refractivity (Wildman–Crippen MR) is 71.2 cm³/mol. The van der Waals surface area contributed by atoms with E-state index in [1.165, 1.54) is 12.8 Å². The number of anilines is 1. The number of methoxy groups -OCH3 is 1. The van der Waals surface area contributed by atoms with Gasteiger partial charge in [-0.25, -0.2) is 0 Å². The molecule has 1 aromatic heterocycles. The fourth-order valence-corrected chi connectivity index (χ4v) is 2.33. The van der Waals surface area contributed by atoms with E-state index in [4.69, 9.17) is 15.9 Å². The molecule has 0 aromatic carbocycles. The lowest BCUT2D eigenvalue weighted by atomic mass is 10.2. The van der Waals surface area contributed by atoms with E-state index in [1.54, 1.807) is 7.11 Å². The van der Waals surface area contributed by atoms with E-state index >= 15 is 0 Å². The van der Waals surface area contributed by atoms with Gasteiger partial charge in [-0.3, -0.25) is 10.1 Å². The van der Waals surface area contributed by atoms with Crippen molar-refractivity contribution in [1.82, 2.24) is 9.78 Å². The number of nitrogens with zero attached hydrogens (tertiary/aromatic N) is 3. The standard InChI is InChI=1S/C12H21N5O/c1-8-10(11(13)14)12(16(2)15-8)17(6-7-18-3)9-4-5-9/h9H,4-7H2,1-3H3,(H3,13,14). The number of nitrogen functional groups attached to an aromatic ring is 1. The van der Waals surface area contributed by atoms with E-state index < -0.39 is 0 Å². The van der Waals surface area contributed by atoms with Crippen molar-refractivity contribution in [3.63, 3.8) is 0 Å².